The zero-order valence-corrected chi connectivity index (χ0v) is 20.3. The zero-order chi connectivity index (χ0) is 24.3. The van der Waals surface area contributed by atoms with Crippen LogP contribution in [0.25, 0.3) is 54.6 Å². The van der Waals surface area contributed by atoms with Crippen molar-refractivity contribution < 1.29 is 4.57 Å². The van der Waals surface area contributed by atoms with Crippen LogP contribution in [-0.4, -0.2) is 0 Å². The van der Waals surface area contributed by atoms with Crippen molar-refractivity contribution in [2.75, 3.05) is 0 Å². The smallest absolute Gasteiger partial charge is 0.193 e. The summed E-state index contributed by atoms with van der Waals surface area (Å²) in [6.45, 7) is 0. The second-order valence-corrected chi connectivity index (χ2v) is 9.97. The molecule has 0 N–H and O–H groups in total. The molecule has 0 aliphatic heterocycles. The topological polar surface area (TPSA) is 3.88 Å². The molecule has 1 aliphatic rings. The van der Waals surface area contributed by atoms with E-state index in [2.05, 4.69) is 144 Å². The highest BCUT2D eigenvalue weighted by molar-refractivity contribution is 6.25. The molecule has 0 unspecified atom stereocenters. The van der Waals surface area contributed by atoms with Crippen molar-refractivity contribution in [3.05, 3.63) is 151 Å². The van der Waals surface area contributed by atoms with E-state index in [1.165, 1.54) is 65.7 Å². The van der Waals surface area contributed by atoms with Gasteiger partial charge in [-0.15, -0.1) is 0 Å². The summed E-state index contributed by atoms with van der Waals surface area (Å²) in [5.74, 6) is 0. The van der Waals surface area contributed by atoms with E-state index in [-0.39, 0.29) is 6.04 Å². The predicted octanol–water partition coefficient (Wildman–Crippen LogP) is 8.72. The summed E-state index contributed by atoms with van der Waals surface area (Å²) < 4.78 is 2.38. The standard InChI is InChI=1S/C36H24N/c1-2-13-28-26(11-1)27-12-3-4-16-31(27)35-22-24(19-20-32(28)35)25-10-9-21-37(23-25)36-33-17-7-5-14-29(33)30-15-6-8-18-34(30)36/h1-23,36H/q+1. The summed E-state index contributed by atoms with van der Waals surface area (Å²) in [5, 5.41) is 7.85. The third-order valence-corrected chi connectivity index (χ3v) is 8.00. The SMILES string of the molecule is c1ccc2c(c1)-c1ccccc1C2[n+]1cccc(-c2ccc3c4ccccc4c4ccccc4c3c2)c1. The summed E-state index contributed by atoms with van der Waals surface area (Å²) in [6.07, 6.45) is 4.52. The van der Waals surface area contributed by atoms with Crippen LogP contribution >= 0.6 is 0 Å². The Balaban J connectivity index is 1.33. The van der Waals surface area contributed by atoms with E-state index in [0.717, 1.165) is 0 Å². The molecular formula is C36H24N+. The van der Waals surface area contributed by atoms with Crippen LogP contribution in [0, 0.1) is 0 Å². The minimum Gasteiger partial charge on any atom is -0.193 e. The monoisotopic (exact) mass is 470 g/mol. The van der Waals surface area contributed by atoms with E-state index in [1.54, 1.807) is 0 Å². The molecule has 0 atom stereocenters. The van der Waals surface area contributed by atoms with Gasteiger partial charge in [0.25, 0.3) is 0 Å². The fourth-order valence-corrected chi connectivity index (χ4v) is 6.36. The summed E-state index contributed by atoms with van der Waals surface area (Å²) in [5.41, 5.74) is 7.86. The van der Waals surface area contributed by atoms with Crippen LogP contribution in [0.2, 0.25) is 0 Å². The molecule has 1 heteroatoms. The molecule has 0 saturated heterocycles. The average molecular weight is 471 g/mol. The Labute approximate surface area is 215 Å². The number of benzene rings is 6. The quantitative estimate of drug-likeness (QED) is 0.176. The van der Waals surface area contributed by atoms with Gasteiger partial charge in [0.05, 0.1) is 0 Å². The molecule has 0 saturated carbocycles. The van der Waals surface area contributed by atoms with Crippen molar-refractivity contribution in [3.8, 4) is 22.3 Å². The number of hydrogen-bond donors (Lipinski definition) is 0. The van der Waals surface area contributed by atoms with Crippen LogP contribution in [0.5, 0.6) is 0 Å². The van der Waals surface area contributed by atoms with E-state index < -0.39 is 0 Å². The van der Waals surface area contributed by atoms with Gasteiger partial charge in [-0.3, -0.25) is 0 Å². The van der Waals surface area contributed by atoms with Gasteiger partial charge in [0.2, 0.25) is 6.04 Å². The molecule has 8 rings (SSSR count). The number of aromatic nitrogens is 1. The number of hydrogen-bond acceptors (Lipinski definition) is 0. The van der Waals surface area contributed by atoms with Gasteiger partial charge in [0.15, 0.2) is 12.4 Å². The Kier molecular flexibility index (Phi) is 4.35. The Morgan fingerprint density at radius 1 is 0.405 bits per heavy atom. The summed E-state index contributed by atoms with van der Waals surface area (Å²) in [6, 6.07) is 46.7. The fraction of sp³-hybridized carbons (Fsp3) is 0.0278. The van der Waals surface area contributed by atoms with Crippen LogP contribution in [0.3, 0.4) is 0 Å². The van der Waals surface area contributed by atoms with Crippen LogP contribution in [0.1, 0.15) is 17.2 Å². The molecule has 1 aliphatic carbocycles. The molecule has 0 radical (unpaired) electrons. The first-order valence-electron chi connectivity index (χ1n) is 12.9. The van der Waals surface area contributed by atoms with Gasteiger partial charge >= 0.3 is 0 Å². The molecule has 1 aromatic heterocycles. The van der Waals surface area contributed by atoms with Gasteiger partial charge in [-0.05, 0) is 61.1 Å². The lowest BCUT2D eigenvalue weighted by atomic mass is 9.92. The molecule has 1 heterocycles. The lowest BCUT2D eigenvalue weighted by Crippen LogP contribution is -2.39. The lowest BCUT2D eigenvalue weighted by Gasteiger charge is -2.13. The minimum atomic E-state index is 0.178. The number of nitrogens with zero attached hydrogens (tertiary/aromatic N) is 1. The molecule has 37 heavy (non-hydrogen) atoms. The first-order chi connectivity index (χ1) is 18.4. The molecule has 6 aromatic carbocycles. The predicted molar refractivity (Wildman–Crippen MR) is 154 cm³/mol. The summed E-state index contributed by atoms with van der Waals surface area (Å²) >= 11 is 0. The van der Waals surface area contributed by atoms with Crippen molar-refractivity contribution in [1.29, 1.82) is 0 Å². The molecule has 0 spiro atoms. The average Bonchev–Trinajstić information content (AvgIpc) is 3.32. The summed E-state index contributed by atoms with van der Waals surface area (Å²) in [4.78, 5) is 0. The molecule has 0 bridgehead atoms. The third kappa shape index (κ3) is 3.01. The van der Waals surface area contributed by atoms with Gasteiger partial charge < -0.3 is 0 Å². The highest BCUT2D eigenvalue weighted by Crippen LogP contribution is 2.43. The number of pyridine rings is 1. The van der Waals surface area contributed by atoms with Crippen LogP contribution < -0.4 is 4.57 Å². The third-order valence-electron chi connectivity index (χ3n) is 8.00. The second kappa shape index (κ2) is 7.88. The van der Waals surface area contributed by atoms with Gasteiger partial charge in [-0.1, -0.05) is 109 Å². The zero-order valence-electron chi connectivity index (χ0n) is 20.3. The Morgan fingerprint density at radius 3 is 1.54 bits per heavy atom. The van der Waals surface area contributed by atoms with Gasteiger partial charge in [0.1, 0.15) is 0 Å². The van der Waals surface area contributed by atoms with Crippen molar-refractivity contribution in [2.24, 2.45) is 0 Å². The molecule has 0 amide bonds. The molecule has 0 fully saturated rings. The number of rotatable bonds is 2. The van der Waals surface area contributed by atoms with Crippen LogP contribution in [0.15, 0.2) is 140 Å². The lowest BCUT2D eigenvalue weighted by molar-refractivity contribution is -0.703. The maximum Gasteiger partial charge on any atom is 0.210 e. The van der Waals surface area contributed by atoms with Gasteiger partial charge in [0, 0.05) is 22.8 Å². The largest absolute Gasteiger partial charge is 0.210 e. The summed E-state index contributed by atoms with van der Waals surface area (Å²) in [7, 11) is 0. The van der Waals surface area contributed by atoms with Crippen molar-refractivity contribution in [1.82, 2.24) is 0 Å². The number of fused-ring (bicyclic) bond motifs is 9. The molecule has 172 valence electrons. The Bertz CT molecular complexity index is 1920. The van der Waals surface area contributed by atoms with Crippen molar-refractivity contribution >= 4 is 32.3 Å². The first-order valence-corrected chi connectivity index (χ1v) is 12.9. The maximum atomic E-state index is 2.38. The highest BCUT2D eigenvalue weighted by Gasteiger charge is 2.34. The van der Waals surface area contributed by atoms with E-state index in [1.807, 2.05) is 0 Å². The van der Waals surface area contributed by atoms with Gasteiger partial charge in [-0.2, -0.15) is 4.57 Å². The normalized spacial score (nSPS) is 12.8. The highest BCUT2D eigenvalue weighted by atomic mass is 15.0. The minimum absolute atomic E-state index is 0.178. The molecular weight excluding hydrogens is 446 g/mol. The van der Waals surface area contributed by atoms with Crippen LogP contribution in [0.4, 0.5) is 0 Å². The van der Waals surface area contributed by atoms with E-state index >= 15 is 0 Å². The van der Waals surface area contributed by atoms with Crippen molar-refractivity contribution in [2.45, 2.75) is 6.04 Å². The second-order valence-electron chi connectivity index (χ2n) is 9.97. The Morgan fingerprint density at radius 2 is 0.919 bits per heavy atom. The van der Waals surface area contributed by atoms with E-state index in [9.17, 15) is 0 Å². The fourth-order valence-electron chi connectivity index (χ4n) is 6.36. The van der Waals surface area contributed by atoms with Crippen molar-refractivity contribution in [3.63, 3.8) is 0 Å². The first kappa shape index (κ1) is 20.4. The van der Waals surface area contributed by atoms with Crippen LogP contribution in [-0.2, 0) is 0 Å². The molecule has 7 aromatic rings. The van der Waals surface area contributed by atoms with Gasteiger partial charge in [-0.25, -0.2) is 0 Å². The Hall–Kier alpha value is -4.75. The van der Waals surface area contributed by atoms with E-state index in [0.29, 0.717) is 0 Å². The maximum absolute atomic E-state index is 2.38. The molecule has 1 nitrogen and oxygen atoms in total. The van der Waals surface area contributed by atoms with E-state index in [4.69, 9.17) is 0 Å².